The summed E-state index contributed by atoms with van der Waals surface area (Å²) in [6.07, 6.45) is -3.35. The van der Waals surface area contributed by atoms with E-state index in [1.54, 1.807) is 0 Å². The fraction of sp³-hybridized carbons (Fsp3) is 0.438. The number of carbonyl (C=O) groups excluding carboxylic acids is 3. The fourth-order valence-electron chi connectivity index (χ4n) is 2.87. The third kappa shape index (κ3) is 3.42. The molecule has 1 aromatic rings. The number of imide groups is 1. The summed E-state index contributed by atoms with van der Waals surface area (Å²) >= 11 is 0. The largest absolute Gasteiger partial charge is 0.416 e. The first-order valence-electron chi connectivity index (χ1n) is 7.56. The van der Waals surface area contributed by atoms with Gasteiger partial charge in [0.25, 0.3) is 0 Å². The zero-order valence-corrected chi connectivity index (χ0v) is 12.6. The topological polar surface area (TPSA) is 66.5 Å². The lowest BCUT2D eigenvalue weighted by Crippen LogP contribution is -2.46. The lowest BCUT2D eigenvalue weighted by Gasteiger charge is -2.27. The van der Waals surface area contributed by atoms with E-state index < -0.39 is 35.5 Å². The van der Waals surface area contributed by atoms with Gasteiger partial charge in [0.2, 0.25) is 17.7 Å². The van der Waals surface area contributed by atoms with E-state index in [2.05, 4.69) is 5.32 Å². The molecule has 0 radical (unpaired) electrons. The molecule has 3 amide bonds. The Morgan fingerprint density at radius 3 is 2.50 bits per heavy atom. The van der Waals surface area contributed by atoms with Gasteiger partial charge in [-0.25, -0.2) is 0 Å². The van der Waals surface area contributed by atoms with Crippen LogP contribution in [-0.4, -0.2) is 34.7 Å². The van der Waals surface area contributed by atoms with Gasteiger partial charge in [0.1, 0.15) is 6.04 Å². The van der Waals surface area contributed by atoms with Crippen molar-refractivity contribution in [3.05, 3.63) is 35.4 Å². The molecular weight excluding hydrogens is 325 g/mol. The predicted molar refractivity (Wildman–Crippen MR) is 76.6 cm³/mol. The van der Waals surface area contributed by atoms with E-state index in [1.807, 2.05) is 0 Å². The number of nitrogens with zero attached hydrogens (tertiary/aromatic N) is 1. The highest BCUT2D eigenvalue weighted by atomic mass is 19.4. The van der Waals surface area contributed by atoms with Crippen LogP contribution in [0.25, 0.3) is 0 Å². The second kappa shape index (κ2) is 5.92. The second-order valence-electron chi connectivity index (χ2n) is 6.04. The molecule has 1 atom stereocenters. The summed E-state index contributed by atoms with van der Waals surface area (Å²) in [5.41, 5.74) is -0.593. The van der Waals surface area contributed by atoms with Gasteiger partial charge in [-0.2, -0.15) is 13.2 Å². The third-order valence-electron chi connectivity index (χ3n) is 4.12. The monoisotopic (exact) mass is 340 g/mol. The van der Waals surface area contributed by atoms with Crippen molar-refractivity contribution in [2.45, 2.75) is 43.9 Å². The molecule has 1 saturated heterocycles. The van der Waals surface area contributed by atoms with Gasteiger partial charge in [-0.05, 0) is 24.5 Å². The summed E-state index contributed by atoms with van der Waals surface area (Å²) in [6.45, 7) is 0. The summed E-state index contributed by atoms with van der Waals surface area (Å²) < 4.78 is 38.3. The van der Waals surface area contributed by atoms with Crippen molar-refractivity contribution in [1.29, 1.82) is 0 Å². The van der Waals surface area contributed by atoms with Crippen molar-refractivity contribution in [3.63, 3.8) is 0 Å². The van der Waals surface area contributed by atoms with E-state index in [-0.39, 0.29) is 24.4 Å². The molecule has 5 nitrogen and oxygen atoms in total. The molecule has 1 aliphatic carbocycles. The van der Waals surface area contributed by atoms with Crippen LogP contribution in [0, 0.1) is 0 Å². The Kier molecular flexibility index (Phi) is 4.06. The minimum atomic E-state index is -4.48. The van der Waals surface area contributed by atoms with Crippen LogP contribution < -0.4 is 5.32 Å². The zero-order chi connectivity index (χ0) is 17.5. The van der Waals surface area contributed by atoms with Gasteiger partial charge in [-0.15, -0.1) is 0 Å². The minimum absolute atomic E-state index is 0.0936. The van der Waals surface area contributed by atoms with Crippen LogP contribution in [0.3, 0.4) is 0 Å². The molecule has 1 aromatic carbocycles. The minimum Gasteiger partial charge on any atom is -0.327 e. The maximum Gasteiger partial charge on any atom is 0.416 e. The van der Waals surface area contributed by atoms with E-state index in [4.69, 9.17) is 0 Å². The number of benzene rings is 1. The summed E-state index contributed by atoms with van der Waals surface area (Å²) in [4.78, 5) is 37.1. The van der Waals surface area contributed by atoms with Crippen LogP contribution in [0.15, 0.2) is 24.3 Å². The Labute approximate surface area is 135 Å². The van der Waals surface area contributed by atoms with Crippen LogP contribution in [-0.2, 0) is 27.0 Å². The SMILES string of the molecule is O=C1C[C@@H](N(C(=O)Cc2cccc(C(F)(F)F)c2)C2CC2)C(=O)N1. The Morgan fingerprint density at radius 1 is 1.25 bits per heavy atom. The Bertz CT molecular complexity index is 698. The van der Waals surface area contributed by atoms with Gasteiger partial charge in [-0.1, -0.05) is 18.2 Å². The molecule has 0 unspecified atom stereocenters. The summed E-state index contributed by atoms with van der Waals surface area (Å²) in [5.74, 6) is -1.40. The Hall–Kier alpha value is -2.38. The molecule has 3 rings (SSSR count). The summed E-state index contributed by atoms with van der Waals surface area (Å²) in [6, 6.07) is 3.59. The first kappa shape index (κ1) is 16.5. The van der Waals surface area contributed by atoms with Gasteiger partial charge in [0.15, 0.2) is 0 Å². The van der Waals surface area contributed by atoms with Crippen LogP contribution in [0.1, 0.15) is 30.4 Å². The molecule has 24 heavy (non-hydrogen) atoms. The fourth-order valence-corrected chi connectivity index (χ4v) is 2.87. The average molecular weight is 340 g/mol. The quantitative estimate of drug-likeness (QED) is 0.848. The normalized spacial score (nSPS) is 20.9. The first-order chi connectivity index (χ1) is 11.3. The molecular formula is C16H15F3N2O3. The van der Waals surface area contributed by atoms with Crippen LogP contribution >= 0.6 is 0 Å². The third-order valence-corrected chi connectivity index (χ3v) is 4.12. The van der Waals surface area contributed by atoms with Gasteiger partial charge < -0.3 is 4.90 Å². The number of carbonyl (C=O) groups is 3. The highest BCUT2D eigenvalue weighted by Crippen LogP contribution is 2.32. The van der Waals surface area contributed by atoms with Gasteiger partial charge in [0.05, 0.1) is 18.4 Å². The number of hydrogen-bond acceptors (Lipinski definition) is 3. The van der Waals surface area contributed by atoms with Crippen molar-refractivity contribution in [3.8, 4) is 0 Å². The molecule has 2 fully saturated rings. The number of halogens is 3. The van der Waals surface area contributed by atoms with Gasteiger partial charge >= 0.3 is 6.18 Å². The zero-order valence-electron chi connectivity index (χ0n) is 12.6. The van der Waals surface area contributed by atoms with E-state index in [1.165, 1.54) is 17.0 Å². The highest BCUT2D eigenvalue weighted by Gasteiger charge is 2.44. The molecule has 2 aliphatic rings. The van der Waals surface area contributed by atoms with E-state index in [0.717, 1.165) is 25.0 Å². The highest BCUT2D eigenvalue weighted by molar-refractivity contribution is 6.07. The molecule has 0 spiro atoms. The van der Waals surface area contributed by atoms with E-state index in [9.17, 15) is 27.6 Å². The molecule has 1 N–H and O–H groups in total. The van der Waals surface area contributed by atoms with Crippen molar-refractivity contribution < 1.29 is 27.6 Å². The molecule has 128 valence electrons. The number of hydrogen-bond donors (Lipinski definition) is 1. The van der Waals surface area contributed by atoms with Crippen molar-refractivity contribution in [2.75, 3.05) is 0 Å². The predicted octanol–water partition coefficient (Wildman–Crippen LogP) is 1.65. The first-order valence-corrected chi connectivity index (χ1v) is 7.56. The Morgan fingerprint density at radius 2 is 1.96 bits per heavy atom. The lowest BCUT2D eigenvalue weighted by molar-refractivity contribution is -0.139. The number of alkyl halides is 3. The second-order valence-corrected chi connectivity index (χ2v) is 6.04. The molecule has 1 aliphatic heterocycles. The number of rotatable bonds is 4. The van der Waals surface area contributed by atoms with Crippen LogP contribution in [0.2, 0.25) is 0 Å². The number of amides is 3. The van der Waals surface area contributed by atoms with Crippen molar-refractivity contribution >= 4 is 17.7 Å². The Balaban J connectivity index is 1.77. The number of nitrogens with one attached hydrogen (secondary N) is 1. The molecule has 1 saturated carbocycles. The maximum absolute atomic E-state index is 12.8. The summed E-state index contributed by atoms with van der Waals surface area (Å²) in [5, 5.41) is 2.16. The van der Waals surface area contributed by atoms with Crippen LogP contribution in [0.4, 0.5) is 13.2 Å². The van der Waals surface area contributed by atoms with Crippen molar-refractivity contribution in [1.82, 2.24) is 10.2 Å². The van der Waals surface area contributed by atoms with Crippen molar-refractivity contribution in [2.24, 2.45) is 0 Å². The van der Waals surface area contributed by atoms with E-state index in [0.29, 0.717) is 0 Å². The maximum atomic E-state index is 12.8. The smallest absolute Gasteiger partial charge is 0.327 e. The lowest BCUT2D eigenvalue weighted by atomic mass is 10.1. The molecule has 1 heterocycles. The standard InChI is InChI=1S/C16H15F3N2O3/c17-16(18,19)10-3-1-2-9(6-10)7-14(23)21(11-4-5-11)12-8-13(22)20-15(12)24/h1-3,6,11-12H,4-5,7-8H2,(H,20,22,24)/t12-/m1/s1. The van der Waals surface area contributed by atoms with E-state index >= 15 is 0 Å². The molecule has 0 bridgehead atoms. The molecule has 8 heteroatoms. The molecule has 0 aromatic heterocycles. The van der Waals surface area contributed by atoms with Gasteiger partial charge in [0, 0.05) is 6.04 Å². The summed E-state index contributed by atoms with van der Waals surface area (Å²) in [7, 11) is 0. The van der Waals surface area contributed by atoms with Crippen LogP contribution in [0.5, 0.6) is 0 Å². The average Bonchev–Trinajstić information content (AvgIpc) is 3.25. The van der Waals surface area contributed by atoms with Gasteiger partial charge in [-0.3, -0.25) is 19.7 Å².